The van der Waals surface area contributed by atoms with Crippen LogP contribution in [0.1, 0.15) is 30.9 Å². The molecule has 1 heterocycles. The van der Waals surface area contributed by atoms with Crippen LogP contribution in [-0.2, 0) is 32.0 Å². The van der Waals surface area contributed by atoms with Crippen LogP contribution in [-0.4, -0.2) is 97.3 Å². The number of likely N-dealkylation sites (N-methyl/N-ethyl adjacent to an activating group) is 2. The van der Waals surface area contributed by atoms with E-state index in [2.05, 4.69) is 10.6 Å². The largest absolute Gasteiger partial charge is 0.392 e. The van der Waals surface area contributed by atoms with Crippen LogP contribution in [0.5, 0.6) is 0 Å². The van der Waals surface area contributed by atoms with Crippen LogP contribution >= 0.6 is 0 Å². The molecule has 1 aliphatic rings. The first-order chi connectivity index (χ1) is 21.5. The summed E-state index contributed by atoms with van der Waals surface area (Å²) in [5, 5.41) is 17.7. The van der Waals surface area contributed by atoms with Gasteiger partial charge in [-0.1, -0.05) is 48.5 Å². The Morgan fingerprint density at radius 1 is 0.956 bits per heavy atom. The monoisotopic (exact) mass is 624 g/mol. The number of nitrogens with zero attached hydrogens (tertiary/aromatic N) is 2. The number of amides is 3. The Morgan fingerprint density at radius 2 is 1.64 bits per heavy atom. The topological polar surface area (TPSA) is 111 Å². The number of halogens is 2. The van der Waals surface area contributed by atoms with E-state index in [9.17, 15) is 28.3 Å². The van der Waals surface area contributed by atoms with Gasteiger partial charge in [0.1, 0.15) is 18.7 Å². The fourth-order valence-corrected chi connectivity index (χ4v) is 5.49. The number of ether oxygens (including phenoxy) is 1. The van der Waals surface area contributed by atoms with Crippen molar-refractivity contribution in [3.63, 3.8) is 0 Å². The lowest BCUT2D eigenvalue weighted by Crippen LogP contribution is -2.56. The summed E-state index contributed by atoms with van der Waals surface area (Å²) in [7, 11) is 2.98. The highest BCUT2D eigenvalue weighted by molar-refractivity contribution is 5.92. The second-order valence-electron chi connectivity index (χ2n) is 11.7. The highest BCUT2D eigenvalue weighted by Gasteiger charge is 2.35. The fourth-order valence-electron chi connectivity index (χ4n) is 5.49. The Bertz CT molecular complexity index is 1480. The van der Waals surface area contributed by atoms with Gasteiger partial charge in [0.05, 0.1) is 12.7 Å². The van der Waals surface area contributed by atoms with Crippen LogP contribution in [0.4, 0.5) is 8.78 Å². The molecule has 0 bridgehead atoms. The molecule has 0 aliphatic carbocycles. The molecule has 3 N–H and O–H groups in total. The maximum absolute atomic E-state index is 14.3. The Kier molecular flexibility index (Phi) is 12.0. The van der Waals surface area contributed by atoms with Gasteiger partial charge in [0.25, 0.3) is 0 Å². The molecular weight excluding hydrogens is 582 g/mol. The van der Waals surface area contributed by atoms with E-state index in [4.69, 9.17) is 4.74 Å². The van der Waals surface area contributed by atoms with E-state index in [-0.39, 0.29) is 32.0 Å². The average molecular weight is 625 g/mol. The normalized spacial score (nSPS) is 16.6. The van der Waals surface area contributed by atoms with Gasteiger partial charge in [-0.3, -0.25) is 14.4 Å². The highest BCUT2D eigenvalue weighted by atomic mass is 19.2. The molecule has 4 atom stereocenters. The van der Waals surface area contributed by atoms with Crippen LogP contribution in [0.15, 0.2) is 60.7 Å². The minimum atomic E-state index is -1.14. The molecule has 0 spiro atoms. The molecule has 4 rings (SSSR count). The molecule has 9 nitrogen and oxygen atoms in total. The van der Waals surface area contributed by atoms with Crippen LogP contribution in [0, 0.1) is 11.6 Å². The number of rotatable bonds is 14. The van der Waals surface area contributed by atoms with Gasteiger partial charge in [0, 0.05) is 39.5 Å². The van der Waals surface area contributed by atoms with Gasteiger partial charge >= 0.3 is 0 Å². The van der Waals surface area contributed by atoms with Crippen LogP contribution in [0.25, 0.3) is 10.8 Å². The smallest absolute Gasteiger partial charge is 0.249 e. The van der Waals surface area contributed by atoms with E-state index in [0.717, 1.165) is 47.9 Å². The average Bonchev–Trinajstić information content (AvgIpc) is 3.55. The van der Waals surface area contributed by atoms with E-state index < -0.39 is 47.5 Å². The van der Waals surface area contributed by atoms with Gasteiger partial charge in [-0.05, 0) is 60.3 Å². The molecule has 0 saturated carbocycles. The number of carbonyl (C=O) groups excluding carboxylic acids is 3. The Balaban J connectivity index is 1.60. The van der Waals surface area contributed by atoms with Gasteiger partial charge in [-0.2, -0.15) is 0 Å². The maximum atomic E-state index is 14.3. The summed E-state index contributed by atoms with van der Waals surface area (Å²) in [6, 6.07) is 15.0. The number of nitrogens with one attached hydrogen (secondary N) is 2. The molecule has 3 aromatic carbocycles. The van der Waals surface area contributed by atoms with Crippen molar-refractivity contribution in [2.24, 2.45) is 0 Å². The third kappa shape index (κ3) is 9.29. The van der Waals surface area contributed by atoms with Crippen LogP contribution in [0.2, 0.25) is 0 Å². The second-order valence-corrected chi connectivity index (χ2v) is 11.7. The Labute approximate surface area is 262 Å². The number of hydrogen-bond donors (Lipinski definition) is 3. The molecule has 45 heavy (non-hydrogen) atoms. The fraction of sp³-hybridized carbons (Fsp3) is 0.441. The van der Waals surface area contributed by atoms with E-state index in [1.54, 1.807) is 0 Å². The Morgan fingerprint density at radius 3 is 2.33 bits per heavy atom. The summed E-state index contributed by atoms with van der Waals surface area (Å²) >= 11 is 0. The quantitative estimate of drug-likeness (QED) is 0.255. The van der Waals surface area contributed by atoms with Gasteiger partial charge < -0.3 is 30.3 Å². The number of fused-ring (bicyclic) bond motifs is 1. The molecule has 242 valence electrons. The van der Waals surface area contributed by atoms with Crippen molar-refractivity contribution in [3.8, 4) is 0 Å². The predicted molar refractivity (Wildman–Crippen MR) is 167 cm³/mol. The number of carbonyl (C=O) groups is 3. The van der Waals surface area contributed by atoms with Crippen LogP contribution in [0.3, 0.4) is 0 Å². The van der Waals surface area contributed by atoms with Crippen molar-refractivity contribution in [1.29, 1.82) is 0 Å². The summed E-state index contributed by atoms with van der Waals surface area (Å²) in [5.41, 5.74) is 1.11. The summed E-state index contributed by atoms with van der Waals surface area (Å²) in [6.07, 6.45) is 1.21. The van der Waals surface area contributed by atoms with Gasteiger partial charge in [0.2, 0.25) is 17.7 Å². The first kappa shape index (κ1) is 34.0. The third-order valence-corrected chi connectivity index (χ3v) is 8.20. The summed E-state index contributed by atoms with van der Waals surface area (Å²) in [4.78, 5) is 43.5. The molecule has 3 aromatic rings. The lowest BCUT2D eigenvalue weighted by Gasteiger charge is -2.35. The number of hydrogen-bond acceptors (Lipinski definition) is 6. The van der Waals surface area contributed by atoms with Crippen molar-refractivity contribution in [1.82, 2.24) is 20.4 Å². The SMILES string of the molecule is CC(O)CNC(=O)C(Cc1ccc(F)c(F)c1)N(C)C(=O)C(Cc1ccc2ccccc2c1)N(C)C(=O)COCC1CCCN1. The third-order valence-electron chi connectivity index (χ3n) is 8.20. The summed E-state index contributed by atoms with van der Waals surface area (Å²) in [5.74, 6) is -3.59. The molecule has 1 aliphatic heterocycles. The number of benzene rings is 3. The Hall–Kier alpha value is -3.93. The molecule has 1 fully saturated rings. The van der Waals surface area contributed by atoms with Crippen molar-refractivity contribution < 1.29 is 33.0 Å². The number of aliphatic hydroxyl groups excluding tert-OH is 1. The number of aliphatic hydroxyl groups is 1. The lowest BCUT2D eigenvalue weighted by molar-refractivity contribution is -0.149. The zero-order valence-electron chi connectivity index (χ0n) is 26.0. The van der Waals surface area contributed by atoms with E-state index in [1.807, 2.05) is 42.5 Å². The molecule has 3 amide bonds. The first-order valence-electron chi connectivity index (χ1n) is 15.2. The summed E-state index contributed by atoms with van der Waals surface area (Å²) in [6.45, 7) is 2.51. The zero-order chi connectivity index (χ0) is 32.5. The van der Waals surface area contributed by atoms with E-state index in [1.165, 1.54) is 36.9 Å². The van der Waals surface area contributed by atoms with Crippen molar-refractivity contribution >= 4 is 28.5 Å². The molecule has 11 heteroatoms. The molecule has 0 radical (unpaired) electrons. The molecular formula is C34H42F2N4O5. The highest BCUT2D eigenvalue weighted by Crippen LogP contribution is 2.20. The van der Waals surface area contributed by atoms with Gasteiger partial charge in [-0.25, -0.2) is 8.78 Å². The molecule has 4 unspecified atom stereocenters. The summed E-state index contributed by atoms with van der Waals surface area (Å²) < 4.78 is 33.4. The second kappa shape index (κ2) is 15.9. The van der Waals surface area contributed by atoms with Crippen LogP contribution < -0.4 is 10.6 Å². The lowest BCUT2D eigenvalue weighted by atomic mass is 9.98. The van der Waals surface area contributed by atoms with Gasteiger partial charge in [0.15, 0.2) is 11.6 Å². The predicted octanol–water partition coefficient (Wildman–Crippen LogP) is 2.82. The van der Waals surface area contributed by atoms with E-state index in [0.29, 0.717) is 12.2 Å². The first-order valence-corrected chi connectivity index (χ1v) is 15.2. The minimum Gasteiger partial charge on any atom is -0.392 e. The van der Waals surface area contributed by atoms with Gasteiger partial charge in [-0.15, -0.1) is 0 Å². The van der Waals surface area contributed by atoms with E-state index >= 15 is 0 Å². The van der Waals surface area contributed by atoms with Crippen molar-refractivity contribution in [2.45, 2.75) is 56.8 Å². The molecule has 1 saturated heterocycles. The zero-order valence-corrected chi connectivity index (χ0v) is 26.0. The standard InChI is InChI=1S/C34H42F2N4O5/c1-22(41)19-38-33(43)30(17-24-11-13-28(35)29(36)16-24)40(3)34(44)31(18-23-10-12-25-7-4-5-8-26(25)15-23)39(2)32(42)21-45-20-27-9-6-14-37-27/h4-5,7-8,10-13,15-16,22,27,30-31,37,41H,6,9,14,17-21H2,1-3H3,(H,38,43). The van der Waals surface area contributed by atoms with Crippen molar-refractivity contribution in [3.05, 3.63) is 83.4 Å². The minimum absolute atomic E-state index is 0.0682. The van der Waals surface area contributed by atoms with Crippen molar-refractivity contribution in [2.75, 3.05) is 40.4 Å². The molecule has 0 aromatic heterocycles. The maximum Gasteiger partial charge on any atom is 0.249 e.